The normalized spacial score (nSPS) is 13.9. The molecule has 0 spiro atoms. The van der Waals surface area contributed by atoms with Crippen molar-refractivity contribution in [3.8, 4) is 0 Å². The Labute approximate surface area is 67.7 Å². The zero-order valence-corrected chi connectivity index (χ0v) is 7.44. The van der Waals surface area contributed by atoms with Crippen molar-refractivity contribution >= 4 is 15.4 Å². The van der Waals surface area contributed by atoms with E-state index in [1.54, 1.807) is 0 Å². The summed E-state index contributed by atoms with van der Waals surface area (Å²) in [5.41, 5.74) is 0. The van der Waals surface area contributed by atoms with E-state index >= 15 is 0 Å². The summed E-state index contributed by atoms with van der Waals surface area (Å²) >= 11 is 0. The van der Waals surface area contributed by atoms with Crippen LogP contribution in [0.3, 0.4) is 0 Å². The van der Waals surface area contributed by atoms with E-state index in [9.17, 15) is 18.3 Å². The lowest BCUT2D eigenvalue weighted by atomic mass is 10.4. The molecule has 12 heavy (non-hydrogen) atoms. The molecule has 9 heteroatoms. The van der Waals surface area contributed by atoms with E-state index in [0.717, 1.165) is 0 Å². The van der Waals surface area contributed by atoms with Gasteiger partial charge in [0.2, 0.25) is 0 Å². The largest absolute Gasteiger partial charge is 0.394 e. The summed E-state index contributed by atoms with van der Waals surface area (Å²) in [6, 6.07) is 0. The topological polar surface area (TPSA) is 129 Å². The zero-order valence-electron chi connectivity index (χ0n) is 5.65. The van der Waals surface area contributed by atoms with E-state index in [1.807, 2.05) is 0 Å². The van der Waals surface area contributed by atoms with Gasteiger partial charge in [0.15, 0.2) is 0 Å². The fraction of sp³-hybridized carbons (Fsp3) is 1.00. The van der Waals surface area contributed by atoms with Crippen LogP contribution in [0, 0.1) is 0 Å². The van der Waals surface area contributed by atoms with Crippen molar-refractivity contribution in [3.63, 3.8) is 0 Å². The highest BCUT2D eigenvalue weighted by Crippen LogP contribution is 2.43. The Balaban J connectivity index is 5.15. The molecule has 0 saturated heterocycles. The monoisotopic (exact) mass is 216 g/mol. The van der Waals surface area contributed by atoms with Crippen molar-refractivity contribution in [3.05, 3.63) is 0 Å². The maximum atomic E-state index is 10.2. The van der Waals surface area contributed by atoms with Gasteiger partial charge in [-0.25, -0.2) is 18.3 Å². The molecule has 7 nitrogen and oxygen atoms in total. The third-order valence-corrected chi connectivity index (χ3v) is 3.81. The lowest BCUT2D eigenvalue weighted by Crippen LogP contribution is -2.35. The molecule has 0 saturated carbocycles. The molecule has 1 atom stereocenters. The number of hydrogen-bond acceptors (Lipinski definition) is 7. The van der Waals surface area contributed by atoms with E-state index in [0.29, 0.717) is 0 Å². The van der Waals surface area contributed by atoms with Gasteiger partial charge in [0, 0.05) is 0 Å². The van der Waals surface area contributed by atoms with Crippen LogP contribution in [-0.4, -0.2) is 33.1 Å². The first-order valence-corrected chi connectivity index (χ1v) is 5.03. The summed E-state index contributed by atoms with van der Waals surface area (Å²) in [5.74, 6) is 0. The van der Waals surface area contributed by atoms with Crippen LogP contribution in [0.1, 0.15) is 0 Å². The molecule has 0 aliphatic rings. The van der Waals surface area contributed by atoms with E-state index < -0.39 is 33.2 Å². The van der Waals surface area contributed by atoms with E-state index in [4.69, 9.17) is 15.3 Å². The predicted molar refractivity (Wildman–Crippen MR) is 34.6 cm³/mol. The van der Waals surface area contributed by atoms with Gasteiger partial charge in [-0.15, -0.1) is 0 Å². The molecule has 3 N–H and O–H groups in total. The highest BCUT2D eigenvalue weighted by molar-refractivity contribution is 7.52. The number of aliphatic hydroxyl groups is 3. The summed E-state index contributed by atoms with van der Waals surface area (Å²) < 4.78 is 40.8. The van der Waals surface area contributed by atoms with Crippen LogP contribution in [0.25, 0.3) is 0 Å². The molecular weight excluding hydrogens is 210 g/mol. The average molecular weight is 216 g/mol. The van der Waals surface area contributed by atoms with Gasteiger partial charge in [-0.05, 0) is 0 Å². The molecule has 0 amide bonds. The first-order valence-electron chi connectivity index (χ1n) is 2.67. The van der Waals surface area contributed by atoms with Gasteiger partial charge < -0.3 is 15.3 Å². The number of aliphatic hydroxyl groups excluding tert-OH is 2. The van der Waals surface area contributed by atoms with Crippen LogP contribution in [0.4, 0.5) is 0 Å². The summed E-state index contributed by atoms with van der Waals surface area (Å²) in [7, 11) is -7.56. The van der Waals surface area contributed by atoms with Crippen molar-refractivity contribution in [2.24, 2.45) is 0 Å². The van der Waals surface area contributed by atoms with Gasteiger partial charge in [-0.3, -0.25) is 0 Å². The fourth-order valence-corrected chi connectivity index (χ4v) is 1.62. The Kier molecular flexibility index (Phi) is 3.96. The van der Waals surface area contributed by atoms with Crippen molar-refractivity contribution in [2.45, 2.75) is 11.2 Å². The summed E-state index contributed by atoms with van der Waals surface area (Å²) in [5, 5.41) is 22.4. The number of hydrogen-bond donors (Lipinski definition) is 3. The molecule has 0 radical (unpaired) electrons. The Bertz CT molecular complexity index is 251. The molecule has 0 heterocycles. The van der Waals surface area contributed by atoms with Crippen LogP contribution in [0.5, 0.6) is 0 Å². The van der Waals surface area contributed by atoms with E-state index in [-0.39, 0.29) is 0 Å². The van der Waals surface area contributed by atoms with Crippen LogP contribution in [-0.2, 0) is 18.3 Å². The number of rotatable bonds is 4. The van der Waals surface area contributed by atoms with E-state index in [1.165, 1.54) is 0 Å². The van der Waals surface area contributed by atoms with Crippen LogP contribution >= 0.6 is 15.4 Å². The van der Waals surface area contributed by atoms with Gasteiger partial charge in [0.1, 0.15) is 6.10 Å². The molecule has 0 aliphatic carbocycles. The van der Waals surface area contributed by atoms with Crippen molar-refractivity contribution < 1.29 is 33.6 Å². The molecule has 70 valence electrons. The Morgan fingerprint density at radius 3 is 1.58 bits per heavy atom. The molecule has 0 bridgehead atoms. The molecule has 0 aromatic heterocycles. The third-order valence-electron chi connectivity index (χ3n) is 1.16. The van der Waals surface area contributed by atoms with Crippen molar-refractivity contribution in [2.75, 3.05) is 6.61 Å². The molecule has 0 aromatic carbocycles. The minimum atomic E-state index is -3.78. The summed E-state index contributed by atoms with van der Waals surface area (Å²) in [6.45, 7) is -1.16. The molecule has 0 fully saturated rings. The summed E-state index contributed by atoms with van der Waals surface area (Å²) in [6.07, 6.45) is -2.25. The Hall–Kier alpha value is -0.320. The minimum absolute atomic E-state index is 1.16. The van der Waals surface area contributed by atoms with Gasteiger partial charge in [0.05, 0.1) is 6.61 Å². The van der Waals surface area contributed by atoms with Crippen LogP contribution in [0.2, 0.25) is 0 Å². The average Bonchev–Trinajstić information content (AvgIpc) is 2.00. The molecule has 0 rings (SSSR count). The minimum Gasteiger partial charge on any atom is -0.394 e. The second kappa shape index (κ2) is 4.07. The summed E-state index contributed by atoms with van der Waals surface area (Å²) in [4.78, 5) is 0. The third kappa shape index (κ3) is 1.88. The Morgan fingerprint density at radius 1 is 1.17 bits per heavy atom. The molecule has 0 aromatic rings. The van der Waals surface area contributed by atoms with E-state index in [2.05, 4.69) is 0 Å². The van der Waals surface area contributed by atoms with Crippen molar-refractivity contribution in [1.82, 2.24) is 0 Å². The van der Waals surface area contributed by atoms with Gasteiger partial charge in [-0.1, -0.05) is 0 Å². The lowest BCUT2D eigenvalue weighted by molar-refractivity contribution is 0.000396. The van der Waals surface area contributed by atoms with Gasteiger partial charge in [0.25, 0.3) is 0 Å². The molecule has 1 unspecified atom stereocenters. The van der Waals surface area contributed by atoms with Crippen LogP contribution in [0.15, 0.2) is 0 Å². The Morgan fingerprint density at radius 2 is 1.50 bits per heavy atom. The second-order valence-corrected chi connectivity index (χ2v) is 4.64. The van der Waals surface area contributed by atoms with Crippen LogP contribution < -0.4 is 0 Å². The van der Waals surface area contributed by atoms with Gasteiger partial charge in [-0.2, -0.15) is 0 Å². The smallest absolute Gasteiger partial charge is 0.366 e. The molecule has 0 aliphatic heterocycles. The second-order valence-electron chi connectivity index (χ2n) is 1.90. The van der Waals surface area contributed by atoms with Crippen molar-refractivity contribution in [1.29, 1.82) is 0 Å². The highest BCUT2D eigenvalue weighted by atomic mass is 31.1. The fourth-order valence-electron chi connectivity index (χ4n) is 0.432. The quantitative estimate of drug-likeness (QED) is 0.531. The molecular formula is C3H6O7P2. The first kappa shape index (κ1) is 11.7. The predicted octanol–water partition coefficient (Wildman–Crippen LogP) is -0.669. The SMILES string of the molecule is O=P(=O)C(O)(C(O)CO)P(=O)=O. The zero-order chi connectivity index (χ0) is 9.94. The maximum Gasteiger partial charge on any atom is 0.366 e. The standard InChI is InChI=1S/C3H6O7P2/c4-1-2(5)3(6,11(7)8)12(9)10/h2,4-6H,1H2. The first-order chi connectivity index (χ1) is 5.37. The lowest BCUT2D eigenvalue weighted by Gasteiger charge is -2.15. The maximum absolute atomic E-state index is 10.2. The highest BCUT2D eigenvalue weighted by Gasteiger charge is 2.48. The van der Waals surface area contributed by atoms with Gasteiger partial charge >= 0.3 is 20.4 Å².